The van der Waals surface area contributed by atoms with Crippen molar-refractivity contribution in [2.75, 3.05) is 0 Å². The number of nitrogens with one attached hydrogen (secondary N) is 1. The lowest BCUT2D eigenvalue weighted by Crippen LogP contribution is -2.35. The van der Waals surface area contributed by atoms with Gasteiger partial charge in [-0.25, -0.2) is 8.42 Å². The van der Waals surface area contributed by atoms with E-state index < -0.39 is 15.6 Å². The van der Waals surface area contributed by atoms with Crippen molar-refractivity contribution in [3.8, 4) is 6.07 Å². The standard InChI is InChI=1S/C10H9BrN2O2S/c11-8-1-3-9(4-2-8)16(14,15)13-10(7-12)5-6-10/h1-4,13H,5-6H2. The molecule has 1 N–H and O–H groups in total. The smallest absolute Gasteiger partial charge is 0.207 e. The van der Waals surface area contributed by atoms with Gasteiger partial charge in [0.05, 0.1) is 11.0 Å². The number of halogens is 1. The lowest BCUT2D eigenvalue weighted by atomic mass is 10.3. The summed E-state index contributed by atoms with van der Waals surface area (Å²) in [6.45, 7) is 0. The van der Waals surface area contributed by atoms with Crippen molar-refractivity contribution in [1.82, 2.24) is 4.72 Å². The van der Waals surface area contributed by atoms with Gasteiger partial charge < -0.3 is 0 Å². The van der Waals surface area contributed by atoms with Crippen LogP contribution in [-0.4, -0.2) is 14.0 Å². The van der Waals surface area contributed by atoms with E-state index in [-0.39, 0.29) is 4.90 Å². The molecule has 0 aliphatic heterocycles. The first-order valence-electron chi connectivity index (χ1n) is 4.68. The van der Waals surface area contributed by atoms with Crippen LogP contribution in [-0.2, 0) is 10.0 Å². The van der Waals surface area contributed by atoms with Crippen LogP contribution in [0.25, 0.3) is 0 Å². The summed E-state index contributed by atoms with van der Waals surface area (Å²) in [6, 6.07) is 8.30. The fourth-order valence-electron chi connectivity index (χ4n) is 1.29. The topological polar surface area (TPSA) is 70.0 Å². The van der Waals surface area contributed by atoms with Crippen molar-refractivity contribution < 1.29 is 8.42 Å². The van der Waals surface area contributed by atoms with E-state index in [1.165, 1.54) is 12.1 Å². The van der Waals surface area contributed by atoms with Crippen LogP contribution in [0.1, 0.15) is 12.8 Å². The van der Waals surface area contributed by atoms with Gasteiger partial charge in [-0.15, -0.1) is 0 Å². The maximum absolute atomic E-state index is 11.9. The van der Waals surface area contributed by atoms with E-state index in [2.05, 4.69) is 20.7 Å². The number of sulfonamides is 1. The van der Waals surface area contributed by atoms with E-state index in [4.69, 9.17) is 5.26 Å². The lowest BCUT2D eigenvalue weighted by molar-refractivity contribution is 0.571. The van der Waals surface area contributed by atoms with Crippen LogP contribution in [0.15, 0.2) is 33.6 Å². The number of nitrogens with zero attached hydrogens (tertiary/aromatic N) is 1. The molecule has 1 aromatic rings. The van der Waals surface area contributed by atoms with Gasteiger partial charge in [0, 0.05) is 4.47 Å². The third-order valence-corrected chi connectivity index (χ3v) is 4.50. The molecule has 0 aromatic heterocycles. The molecular formula is C10H9BrN2O2S. The molecule has 1 aliphatic rings. The first-order valence-corrected chi connectivity index (χ1v) is 6.96. The number of nitriles is 1. The zero-order chi connectivity index (χ0) is 11.8. The van der Waals surface area contributed by atoms with Gasteiger partial charge in [0.1, 0.15) is 5.54 Å². The van der Waals surface area contributed by atoms with E-state index in [1.807, 2.05) is 6.07 Å². The fraction of sp³-hybridized carbons (Fsp3) is 0.300. The van der Waals surface area contributed by atoms with Gasteiger partial charge in [-0.05, 0) is 37.1 Å². The summed E-state index contributed by atoms with van der Waals surface area (Å²) in [7, 11) is -3.58. The van der Waals surface area contributed by atoms with Crippen molar-refractivity contribution in [3.63, 3.8) is 0 Å². The van der Waals surface area contributed by atoms with E-state index in [1.54, 1.807) is 12.1 Å². The Bertz CT molecular complexity index is 541. The maximum atomic E-state index is 11.9. The first-order chi connectivity index (χ1) is 7.47. The Morgan fingerprint density at radius 2 is 1.88 bits per heavy atom. The minimum atomic E-state index is -3.58. The van der Waals surface area contributed by atoms with Crippen molar-refractivity contribution >= 4 is 26.0 Å². The van der Waals surface area contributed by atoms with Crippen LogP contribution >= 0.6 is 15.9 Å². The molecule has 4 nitrogen and oxygen atoms in total. The third kappa shape index (κ3) is 2.26. The summed E-state index contributed by atoms with van der Waals surface area (Å²) < 4.78 is 27.0. The molecule has 0 unspecified atom stereocenters. The highest BCUT2D eigenvalue weighted by molar-refractivity contribution is 9.10. The van der Waals surface area contributed by atoms with Gasteiger partial charge >= 0.3 is 0 Å². The maximum Gasteiger partial charge on any atom is 0.241 e. The number of hydrogen-bond donors (Lipinski definition) is 1. The van der Waals surface area contributed by atoms with E-state index in [0.717, 1.165) is 4.47 Å². The quantitative estimate of drug-likeness (QED) is 0.925. The zero-order valence-corrected chi connectivity index (χ0v) is 10.7. The van der Waals surface area contributed by atoms with Crippen LogP contribution < -0.4 is 4.72 Å². The van der Waals surface area contributed by atoms with Crippen molar-refractivity contribution in [2.24, 2.45) is 0 Å². The van der Waals surface area contributed by atoms with E-state index in [9.17, 15) is 8.42 Å². The number of hydrogen-bond acceptors (Lipinski definition) is 3. The average molecular weight is 301 g/mol. The highest BCUT2D eigenvalue weighted by Gasteiger charge is 2.46. The highest BCUT2D eigenvalue weighted by Crippen LogP contribution is 2.35. The second kappa shape index (κ2) is 3.84. The van der Waals surface area contributed by atoms with Gasteiger partial charge in [-0.1, -0.05) is 15.9 Å². The van der Waals surface area contributed by atoms with Crippen LogP contribution in [0.4, 0.5) is 0 Å². The summed E-state index contributed by atoms with van der Waals surface area (Å²) in [5.74, 6) is 0. The molecule has 6 heteroatoms. The molecule has 1 aromatic carbocycles. The molecule has 0 saturated heterocycles. The fourth-order valence-corrected chi connectivity index (χ4v) is 2.93. The first kappa shape index (κ1) is 11.6. The largest absolute Gasteiger partial charge is 0.241 e. The predicted octanol–water partition coefficient (Wildman–Crippen LogP) is 1.78. The van der Waals surface area contributed by atoms with E-state index >= 15 is 0 Å². The number of rotatable bonds is 3. The second-order valence-corrected chi connectivity index (χ2v) is 6.35. The Kier molecular flexibility index (Phi) is 2.78. The lowest BCUT2D eigenvalue weighted by Gasteiger charge is -2.09. The number of benzene rings is 1. The van der Waals surface area contributed by atoms with E-state index in [0.29, 0.717) is 12.8 Å². The normalized spacial score (nSPS) is 17.8. The zero-order valence-electron chi connectivity index (χ0n) is 8.27. The SMILES string of the molecule is N#CC1(NS(=O)(=O)c2ccc(Br)cc2)CC1. The van der Waals surface area contributed by atoms with Crippen molar-refractivity contribution in [1.29, 1.82) is 5.26 Å². The Hall–Kier alpha value is -0.900. The monoisotopic (exact) mass is 300 g/mol. The molecule has 0 spiro atoms. The van der Waals surface area contributed by atoms with Crippen molar-refractivity contribution in [3.05, 3.63) is 28.7 Å². The minimum absolute atomic E-state index is 0.178. The molecule has 0 amide bonds. The van der Waals surface area contributed by atoms with Crippen LogP contribution in [0, 0.1) is 11.3 Å². The summed E-state index contributed by atoms with van der Waals surface area (Å²) >= 11 is 3.23. The Morgan fingerprint density at radius 1 is 1.31 bits per heavy atom. The molecule has 1 aliphatic carbocycles. The van der Waals surface area contributed by atoms with Gasteiger partial charge in [0.15, 0.2) is 0 Å². The molecule has 16 heavy (non-hydrogen) atoms. The second-order valence-electron chi connectivity index (χ2n) is 3.75. The molecule has 1 saturated carbocycles. The summed E-state index contributed by atoms with van der Waals surface area (Å²) in [5, 5.41) is 8.83. The molecule has 0 radical (unpaired) electrons. The van der Waals surface area contributed by atoms with Crippen molar-refractivity contribution in [2.45, 2.75) is 23.3 Å². The highest BCUT2D eigenvalue weighted by atomic mass is 79.9. The van der Waals surface area contributed by atoms with Gasteiger partial charge in [-0.2, -0.15) is 9.98 Å². The predicted molar refractivity (Wildman–Crippen MR) is 62.0 cm³/mol. The third-order valence-electron chi connectivity index (χ3n) is 2.42. The van der Waals surface area contributed by atoms with Gasteiger partial charge in [-0.3, -0.25) is 0 Å². The summed E-state index contributed by atoms with van der Waals surface area (Å²) in [4.78, 5) is 0.178. The molecule has 0 bridgehead atoms. The summed E-state index contributed by atoms with van der Waals surface area (Å²) in [6.07, 6.45) is 1.17. The molecule has 0 heterocycles. The Labute approximate surface area is 102 Å². The molecule has 2 rings (SSSR count). The molecule has 0 atom stereocenters. The average Bonchev–Trinajstić information content (AvgIpc) is 2.98. The molecule has 84 valence electrons. The summed E-state index contributed by atoms with van der Waals surface area (Å²) in [5.41, 5.74) is -0.869. The Balaban J connectivity index is 2.27. The van der Waals surface area contributed by atoms with Crippen LogP contribution in [0.5, 0.6) is 0 Å². The minimum Gasteiger partial charge on any atom is -0.207 e. The molecule has 1 fully saturated rings. The van der Waals surface area contributed by atoms with Gasteiger partial charge in [0.2, 0.25) is 10.0 Å². The van der Waals surface area contributed by atoms with Crippen LogP contribution in [0.3, 0.4) is 0 Å². The van der Waals surface area contributed by atoms with Gasteiger partial charge in [0.25, 0.3) is 0 Å². The van der Waals surface area contributed by atoms with Crippen LogP contribution in [0.2, 0.25) is 0 Å². The Morgan fingerprint density at radius 3 is 2.31 bits per heavy atom. The molecular weight excluding hydrogens is 292 g/mol.